The summed E-state index contributed by atoms with van der Waals surface area (Å²) in [7, 11) is 0. The summed E-state index contributed by atoms with van der Waals surface area (Å²) in [5.74, 6) is 1.05. The van der Waals surface area contributed by atoms with E-state index in [4.69, 9.17) is 12.2 Å². The van der Waals surface area contributed by atoms with Gasteiger partial charge in [-0.3, -0.25) is 0 Å². The highest BCUT2D eigenvalue weighted by atomic mass is 32.2. The first-order valence-electron chi connectivity index (χ1n) is 5.45. The zero-order chi connectivity index (χ0) is 11.8. The average Bonchev–Trinajstić information content (AvgIpc) is 2.31. The lowest BCUT2D eigenvalue weighted by atomic mass is 10.1. The van der Waals surface area contributed by atoms with Crippen LogP contribution in [-0.2, 0) is 0 Å². The molecule has 0 aliphatic heterocycles. The van der Waals surface area contributed by atoms with E-state index in [9.17, 15) is 0 Å². The Morgan fingerprint density at radius 1 is 1.31 bits per heavy atom. The number of hydrogen-bond acceptors (Lipinski definition) is 3. The van der Waals surface area contributed by atoms with Gasteiger partial charge in [0.05, 0.1) is 5.03 Å². The van der Waals surface area contributed by atoms with E-state index < -0.39 is 0 Å². The highest BCUT2D eigenvalue weighted by molar-refractivity contribution is 8.03. The number of hydrogen-bond donors (Lipinski definition) is 1. The van der Waals surface area contributed by atoms with Crippen molar-refractivity contribution in [1.82, 2.24) is 5.32 Å². The molecule has 0 amide bonds. The van der Waals surface area contributed by atoms with Crippen molar-refractivity contribution in [2.24, 2.45) is 0 Å². The summed E-state index contributed by atoms with van der Waals surface area (Å²) >= 11 is 7.18. The molecule has 0 aliphatic rings. The molecule has 0 radical (unpaired) electrons. The molecule has 1 aromatic rings. The van der Waals surface area contributed by atoms with Crippen LogP contribution in [0, 0.1) is 0 Å². The van der Waals surface area contributed by atoms with E-state index in [1.54, 1.807) is 11.8 Å². The Hall–Kier alpha value is -0.800. The van der Waals surface area contributed by atoms with Crippen LogP contribution in [0.1, 0.15) is 19.4 Å². The second-order valence-electron chi connectivity index (χ2n) is 3.20. The summed E-state index contributed by atoms with van der Waals surface area (Å²) in [5, 5.41) is 4.47. The molecule has 0 aromatic heterocycles. The van der Waals surface area contributed by atoms with Gasteiger partial charge in [0.2, 0.25) is 0 Å². The number of thioether (sulfide) groups is 1. The fourth-order valence-electron chi connectivity index (χ4n) is 1.28. The molecular formula is C13H17NS2. The number of allylic oxidation sites excluding steroid dienone is 1. The molecule has 0 fully saturated rings. The van der Waals surface area contributed by atoms with Crippen molar-refractivity contribution in [1.29, 1.82) is 0 Å². The Morgan fingerprint density at radius 3 is 2.56 bits per heavy atom. The summed E-state index contributed by atoms with van der Waals surface area (Å²) in [5.41, 5.74) is 1.10. The van der Waals surface area contributed by atoms with Crippen molar-refractivity contribution in [2.75, 3.05) is 12.3 Å². The van der Waals surface area contributed by atoms with Gasteiger partial charge in [0.25, 0.3) is 0 Å². The molecule has 0 saturated carbocycles. The lowest BCUT2D eigenvalue weighted by molar-refractivity contribution is 0.906. The normalized spacial score (nSPS) is 11.2. The fourth-order valence-corrected chi connectivity index (χ4v) is 2.37. The third-order valence-corrected chi connectivity index (χ3v) is 3.19. The first-order chi connectivity index (χ1) is 7.77. The monoisotopic (exact) mass is 251 g/mol. The number of nitrogens with one attached hydrogen (secondary N) is 1. The largest absolute Gasteiger partial charge is 0.380 e. The first-order valence-corrected chi connectivity index (χ1v) is 6.85. The maximum Gasteiger partial charge on any atom is 0.0695 e. The molecule has 0 heterocycles. The molecule has 86 valence electrons. The Labute approximate surface area is 107 Å². The third kappa shape index (κ3) is 4.37. The van der Waals surface area contributed by atoms with Crippen molar-refractivity contribution < 1.29 is 0 Å². The minimum Gasteiger partial charge on any atom is -0.380 e. The van der Waals surface area contributed by atoms with Gasteiger partial charge in [-0.15, -0.1) is 11.8 Å². The van der Waals surface area contributed by atoms with Gasteiger partial charge in [-0.2, -0.15) is 0 Å². The minimum absolute atomic E-state index is 0.887. The maximum atomic E-state index is 5.40. The minimum atomic E-state index is 0.887. The molecule has 16 heavy (non-hydrogen) atoms. The third-order valence-electron chi connectivity index (χ3n) is 1.97. The van der Waals surface area contributed by atoms with Gasteiger partial charge in [0.15, 0.2) is 0 Å². The van der Waals surface area contributed by atoms with E-state index in [1.807, 2.05) is 36.4 Å². The molecule has 3 heteroatoms. The average molecular weight is 251 g/mol. The van der Waals surface area contributed by atoms with Crippen molar-refractivity contribution in [2.45, 2.75) is 13.8 Å². The SMILES string of the molecule is CCN/C(=C\C(=S)c1ccccc1)SCC. The summed E-state index contributed by atoms with van der Waals surface area (Å²) in [6, 6.07) is 10.1. The van der Waals surface area contributed by atoms with Crippen molar-refractivity contribution in [3.8, 4) is 0 Å². The molecule has 0 atom stereocenters. The maximum absolute atomic E-state index is 5.40. The molecule has 0 spiro atoms. The fraction of sp³-hybridized carbons (Fsp3) is 0.308. The highest BCUT2D eigenvalue weighted by Gasteiger charge is 2.00. The smallest absolute Gasteiger partial charge is 0.0695 e. The van der Waals surface area contributed by atoms with Crippen LogP contribution in [0.5, 0.6) is 0 Å². The Balaban J connectivity index is 2.76. The molecular weight excluding hydrogens is 234 g/mol. The zero-order valence-corrected chi connectivity index (χ0v) is 11.3. The van der Waals surface area contributed by atoms with Crippen molar-refractivity contribution >= 4 is 28.8 Å². The molecule has 0 bridgehead atoms. The van der Waals surface area contributed by atoms with Crippen molar-refractivity contribution in [3.63, 3.8) is 0 Å². The summed E-state index contributed by atoms with van der Waals surface area (Å²) in [6.45, 7) is 5.16. The van der Waals surface area contributed by atoms with E-state index in [1.165, 1.54) is 0 Å². The van der Waals surface area contributed by atoms with Crippen LogP contribution in [0.4, 0.5) is 0 Å². The first kappa shape index (κ1) is 13.3. The van der Waals surface area contributed by atoms with Gasteiger partial charge in [-0.1, -0.05) is 49.5 Å². The molecule has 0 saturated heterocycles. The van der Waals surface area contributed by atoms with Gasteiger partial charge in [0.1, 0.15) is 0 Å². The van der Waals surface area contributed by atoms with Gasteiger partial charge in [-0.25, -0.2) is 0 Å². The second-order valence-corrected chi connectivity index (χ2v) is 4.95. The van der Waals surface area contributed by atoms with Gasteiger partial charge >= 0.3 is 0 Å². The van der Waals surface area contributed by atoms with Gasteiger partial charge in [-0.05, 0) is 24.3 Å². The predicted octanol–water partition coefficient (Wildman–Crippen LogP) is 3.61. The summed E-state index contributed by atoms with van der Waals surface area (Å²) in [6.07, 6.45) is 2.04. The van der Waals surface area contributed by atoms with E-state index >= 15 is 0 Å². The predicted molar refractivity (Wildman–Crippen MR) is 78.0 cm³/mol. The van der Waals surface area contributed by atoms with Crippen LogP contribution in [0.3, 0.4) is 0 Å². The van der Waals surface area contributed by atoms with Crippen LogP contribution in [0.15, 0.2) is 41.4 Å². The van der Waals surface area contributed by atoms with Crippen LogP contribution in [0.25, 0.3) is 0 Å². The van der Waals surface area contributed by atoms with Crippen LogP contribution >= 0.6 is 24.0 Å². The standard InChI is InChI=1S/C13H17NS2/c1-3-14-13(16-4-2)10-12(15)11-8-6-5-7-9-11/h5-10,14H,3-4H2,1-2H3/b13-10+. The van der Waals surface area contributed by atoms with Crippen LogP contribution in [-0.4, -0.2) is 17.2 Å². The number of thiocarbonyl (C=S) groups is 1. The van der Waals surface area contributed by atoms with Gasteiger partial charge in [0, 0.05) is 11.4 Å². The van der Waals surface area contributed by atoms with E-state index in [-0.39, 0.29) is 0 Å². The second kappa shape index (κ2) is 7.47. The van der Waals surface area contributed by atoms with Gasteiger partial charge < -0.3 is 5.32 Å². The van der Waals surface area contributed by atoms with Crippen LogP contribution < -0.4 is 5.32 Å². The molecule has 1 N–H and O–H groups in total. The van der Waals surface area contributed by atoms with E-state index in [2.05, 4.69) is 19.2 Å². The van der Waals surface area contributed by atoms with Crippen molar-refractivity contribution in [3.05, 3.63) is 47.0 Å². The molecule has 1 aromatic carbocycles. The van der Waals surface area contributed by atoms with E-state index in [0.717, 1.165) is 27.8 Å². The zero-order valence-electron chi connectivity index (χ0n) is 9.69. The van der Waals surface area contributed by atoms with E-state index in [0.29, 0.717) is 0 Å². The number of benzene rings is 1. The highest BCUT2D eigenvalue weighted by Crippen LogP contribution is 2.13. The molecule has 1 rings (SSSR count). The molecule has 0 unspecified atom stereocenters. The Morgan fingerprint density at radius 2 is 2.00 bits per heavy atom. The summed E-state index contributed by atoms with van der Waals surface area (Å²) in [4.78, 5) is 0.887. The molecule has 0 aliphatic carbocycles. The number of rotatable bonds is 6. The summed E-state index contributed by atoms with van der Waals surface area (Å²) < 4.78 is 0. The van der Waals surface area contributed by atoms with Crippen LogP contribution in [0.2, 0.25) is 0 Å². The lowest BCUT2D eigenvalue weighted by Gasteiger charge is -2.07. The topological polar surface area (TPSA) is 12.0 Å². The Kier molecular flexibility index (Phi) is 6.19. The molecule has 1 nitrogen and oxygen atoms in total. The quantitative estimate of drug-likeness (QED) is 0.471. The Bertz CT molecular complexity index is 349. The lowest BCUT2D eigenvalue weighted by Crippen LogP contribution is -2.11.